The van der Waals surface area contributed by atoms with Gasteiger partial charge < -0.3 is 9.80 Å². The molecule has 3 nitrogen and oxygen atoms in total. The number of nitrogens with zero attached hydrogens (tertiary/aromatic N) is 3. The van der Waals surface area contributed by atoms with E-state index in [1.807, 2.05) is 12.1 Å². The Morgan fingerprint density at radius 2 is 1.48 bits per heavy atom. The molecule has 0 spiro atoms. The molecule has 2 saturated heterocycles. The summed E-state index contributed by atoms with van der Waals surface area (Å²) >= 11 is 6.09. The standard InChI is InChI=1S/C17H26ClN3/c18-16-5-4-6-17(15-16)21-13-11-20(12-14-21)10-9-19-7-2-1-3-8-19/h4-6,15H,1-3,7-14H2. The second-order valence-electron chi connectivity index (χ2n) is 6.21. The number of hydrogen-bond donors (Lipinski definition) is 0. The molecule has 0 radical (unpaired) electrons. The van der Waals surface area contributed by atoms with Crippen LogP contribution in [0.2, 0.25) is 5.02 Å². The first-order valence-corrected chi connectivity index (χ1v) is 8.64. The number of piperazine rings is 1. The van der Waals surface area contributed by atoms with Gasteiger partial charge in [-0.1, -0.05) is 24.1 Å². The molecule has 0 atom stereocenters. The van der Waals surface area contributed by atoms with Crippen molar-refractivity contribution in [1.29, 1.82) is 0 Å². The van der Waals surface area contributed by atoms with Crippen LogP contribution in [0.3, 0.4) is 0 Å². The molecular weight excluding hydrogens is 282 g/mol. The van der Waals surface area contributed by atoms with Gasteiger partial charge in [-0.3, -0.25) is 4.90 Å². The Bertz CT molecular complexity index is 437. The molecule has 1 aromatic carbocycles. The predicted octanol–water partition coefficient (Wildman–Crippen LogP) is 2.95. The van der Waals surface area contributed by atoms with Crippen molar-refractivity contribution in [1.82, 2.24) is 9.80 Å². The summed E-state index contributed by atoms with van der Waals surface area (Å²) in [6.07, 6.45) is 4.21. The Hall–Kier alpha value is -0.770. The molecule has 0 N–H and O–H groups in total. The highest BCUT2D eigenvalue weighted by molar-refractivity contribution is 6.30. The maximum Gasteiger partial charge on any atom is 0.0426 e. The minimum atomic E-state index is 0.833. The van der Waals surface area contributed by atoms with E-state index in [2.05, 4.69) is 26.8 Å². The van der Waals surface area contributed by atoms with Gasteiger partial charge in [0.2, 0.25) is 0 Å². The smallest absolute Gasteiger partial charge is 0.0426 e. The van der Waals surface area contributed by atoms with Crippen molar-refractivity contribution in [2.75, 3.05) is 57.3 Å². The summed E-state index contributed by atoms with van der Waals surface area (Å²) in [5, 5.41) is 0.833. The summed E-state index contributed by atoms with van der Waals surface area (Å²) in [6.45, 7) is 9.65. The van der Waals surface area contributed by atoms with E-state index < -0.39 is 0 Å². The van der Waals surface area contributed by atoms with Crippen LogP contribution < -0.4 is 4.90 Å². The molecule has 0 aliphatic carbocycles. The van der Waals surface area contributed by atoms with E-state index in [0.717, 1.165) is 18.1 Å². The topological polar surface area (TPSA) is 9.72 Å². The van der Waals surface area contributed by atoms with Gasteiger partial charge in [0.05, 0.1) is 0 Å². The Kier molecular flexibility index (Phi) is 5.39. The molecule has 2 aliphatic rings. The number of benzene rings is 1. The van der Waals surface area contributed by atoms with Crippen LogP contribution in [0.5, 0.6) is 0 Å². The van der Waals surface area contributed by atoms with Crippen LogP contribution in [0.4, 0.5) is 5.69 Å². The van der Waals surface area contributed by atoms with Crippen LogP contribution in [0.15, 0.2) is 24.3 Å². The van der Waals surface area contributed by atoms with Crippen LogP contribution in [-0.2, 0) is 0 Å². The average molecular weight is 308 g/mol. The van der Waals surface area contributed by atoms with E-state index >= 15 is 0 Å². The third-order valence-electron chi connectivity index (χ3n) is 4.73. The maximum atomic E-state index is 6.09. The molecule has 116 valence electrons. The van der Waals surface area contributed by atoms with Crippen LogP contribution in [0.25, 0.3) is 0 Å². The first-order chi connectivity index (χ1) is 10.3. The van der Waals surface area contributed by atoms with Crippen molar-refractivity contribution in [3.05, 3.63) is 29.3 Å². The number of hydrogen-bond acceptors (Lipinski definition) is 3. The lowest BCUT2D eigenvalue weighted by molar-refractivity contribution is 0.177. The second-order valence-corrected chi connectivity index (χ2v) is 6.65. The summed E-state index contributed by atoms with van der Waals surface area (Å²) in [5.74, 6) is 0. The zero-order valence-corrected chi connectivity index (χ0v) is 13.6. The molecule has 2 fully saturated rings. The molecule has 1 aromatic rings. The third-order valence-corrected chi connectivity index (χ3v) is 4.96. The fourth-order valence-corrected chi connectivity index (χ4v) is 3.55. The van der Waals surface area contributed by atoms with Crippen molar-refractivity contribution in [2.45, 2.75) is 19.3 Å². The molecule has 21 heavy (non-hydrogen) atoms. The largest absolute Gasteiger partial charge is 0.369 e. The van der Waals surface area contributed by atoms with E-state index in [1.165, 1.54) is 64.2 Å². The summed E-state index contributed by atoms with van der Waals surface area (Å²) in [4.78, 5) is 7.69. The third kappa shape index (κ3) is 4.35. The fraction of sp³-hybridized carbons (Fsp3) is 0.647. The molecular formula is C17H26ClN3. The van der Waals surface area contributed by atoms with E-state index in [9.17, 15) is 0 Å². The van der Waals surface area contributed by atoms with Crippen LogP contribution in [0.1, 0.15) is 19.3 Å². The van der Waals surface area contributed by atoms with Gasteiger partial charge in [0, 0.05) is 50.0 Å². The SMILES string of the molecule is Clc1cccc(N2CCN(CCN3CCCCC3)CC2)c1. The number of rotatable bonds is 4. The Morgan fingerprint density at radius 3 is 2.14 bits per heavy atom. The van der Waals surface area contributed by atoms with Gasteiger partial charge in [-0.05, 0) is 44.1 Å². The summed E-state index contributed by atoms with van der Waals surface area (Å²) in [7, 11) is 0. The van der Waals surface area contributed by atoms with Gasteiger partial charge in [0.1, 0.15) is 0 Å². The van der Waals surface area contributed by atoms with Crippen LogP contribution >= 0.6 is 11.6 Å². The van der Waals surface area contributed by atoms with Gasteiger partial charge in [-0.25, -0.2) is 0 Å². The van der Waals surface area contributed by atoms with Gasteiger partial charge in [-0.2, -0.15) is 0 Å². The number of likely N-dealkylation sites (tertiary alicyclic amines) is 1. The highest BCUT2D eigenvalue weighted by Crippen LogP contribution is 2.20. The lowest BCUT2D eigenvalue weighted by atomic mass is 10.1. The van der Waals surface area contributed by atoms with Gasteiger partial charge in [0.25, 0.3) is 0 Å². The first kappa shape index (κ1) is 15.1. The molecule has 0 amide bonds. The van der Waals surface area contributed by atoms with Crippen LogP contribution in [-0.4, -0.2) is 62.2 Å². The lowest BCUT2D eigenvalue weighted by Gasteiger charge is -2.37. The molecule has 0 bridgehead atoms. The Morgan fingerprint density at radius 1 is 0.810 bits per heavy atom. The van der Waals surface area contributed by atoms with Crippen molar-refractivity contribution in [2.24, 2.45) is 0 Å². The minimum Gasteiger partial charge on any atom is -0.369 e. The molecule has 2 aliphatic heterocycles. The summed E-state index contributed by atoms with van der Waals surface area (Å²) in [6, 6.07) is 8.22. The lowest BCUT2D eigenvalue weighted by Crippen LogP contribution is -2.48. The fourth-order valence-electron chi connectivity index (χ4n) is 3.37. The highest BCUT2D eigenvalue weighted by atomic mass is 35.5. The van der Waals surface area contributed by atoms with Crippen molar-refractivity contribution >= 4 is 17.3 Å². The monoisotopic (exact) mass is 307 g/mol. The first-order valence-electron chi connectivity index (χ1n) is 8.26. The summed E-state index contributed by atoms with van der Waals surface area (Å²) < 4.78 is 0. The Labute approximate surface area is 133 Å². The minimum absolute atomic E-state index is 0.833. The molecule has 0 aromatic heterocycles. The van der Waals surface area contributed by atoms with Gasteiger partial charge >= 0.3 is 0 Å². The van der Waals surface area contributed by atoms with Crippen LogP contribution in [0, 0.1) is 0 Å². The molecule has 0 unspecified atom stereocenters. The van der Waals surface area contributed by atoms with Crippen molar-refractivity contribution in [3.8, 4) is 0 Å². The molecule has 0 saturated carbocycles. The zero-order valence-electron chi connectivity index (χ0n) is 12.8. The zero-order chi connectivity index (χ0) is 14.5. The summed E-state index contributed by atoms with van der Waals surface area (Å²) in [5.41, 5.74) is 1.26. The number of halogens is 1. The quantitative estimate of drug-likeness (QED) is 0.847. The second kappa shape index (κ2) is 7.48. The Balaban J connectivity index is 1.42. The molecule has 4 heteroatoms. The molecule has 3 rings (SSSR count). The van der Waals surface area contributed by atoms with Gasteiger partial charge in [0.15, 0.2) is 0 Å². The normalized spacial score (nSPS) is 21.7. The highest BCUT2D eigenvalue weighted by Gasteiger charge is 2.18. The van der Waals surface area contributed by atoms with E-state index in [1.54, 1.807) is 0 Å². The van der Waals surface area contributed by atoms with Gasteiger partial charge in [-0.15, -0.1) is 0 Å². The average Bonchev–Trinajstić information content (AvgIpc) is 2.54. The predicted molar refractivity (Wildman–Crippen MR) is 90.4 cm³/mol. The number of piperidine rings is 1. The number of anilines is 1. The van der Waals surface area contributed by atoms with E-state index in [-0.39, 0.29) is 0 Å². The van der Waals surface area contributed by atoms with E-state index in [0.29, 0.717) is 0 Å². The van der Waals surface area contributed by atoms with Crippen molar-refractivity contribution < 1.29 is 0 Å². The maximum absolute atomic E-state index is 6.09. The van der Waals surface area contributed by atoms with E-state index in [4.69, 9.17) is 11.6 Å². The van der Waals surface area contributed by atoms with Crippen molar-refractivity contribution in [3.63, 3.8) is 0 Å². The molecule has 2 heterocycles.